The number of carbonyl (C=O) groups is 1. The van der Waals surface area contributed by atoms with E-state index in [1.807, 2.05) is 52.8 Å². The Morgan fingerprint density at radius 3 is 1.97 bits per heavy atom. The maximum atomic E-state index is 13.4. The number of amides is 1. The topological polar surface area (TPSA) is 86.7 Å². The van der Waals surface area contributed by atoms with Crippen molar-refractivity contribution in [1.82, 2.24) is 19.4 Å². The van der Waals surface area contributed by atoms with Crippen LogP contribution in [-0.2, 0) is 10.0 Å². The smallest absolute Gasteiger partial charge is 0.274 e. The predicted octanol–water partition coefficient (Wildman–Crippen LogP) is 1.92. The molecule has 8 nitrogen and oxygen atoms in total. The third-order valence-corrected chi connectivity index (χ3v) is 7.92. The SMILES string of the molecule is Cc1cc(C)c(C)c(S(=O)(=O)N2CCN(C(=O)c3ccc(N(C)C)nn3)CC2)c1C. The van der Waals surface area contributed by atoms with Gasteiger partial charge >= 0.3 is 0 Å². The van der Waals surface area contributed by atoms with Gasteiger partial charge < -0.3 is 9.80 Å². The Labute approximate surface area is 178 Å². The fourth-order valence-corrected chi connectivity index (χ4v) is 5.67. The second-order valence-electron chi connectivity index (χ2n) is 7.96. The molecule has 2 aromatic rings. The van der Waals surface area contributed by atoms with Crippen LogP contribution in [0.15, 0.2) is 23.1 Å². The Balaban J connectivity index is 1.76. The van der Waals surface area contributed by atoms with Gasteiger partial charge in [-0.1, -0.05) is 6.07 Å². The summed E-state index contributed by atoms with van der Waals surface area (Å²) in [4.78, 5) is 16.6. The summed E-state index contributed by atoms with van der Waals surface area (Å²) in [7, 11) is 0.0676. The van der Waals surface area contributed by atoms with Crippen molar-refractivity contribution >= 4 is 21.7 Å². The quantitative estimate of drug-likeness (QED) is 0.735. The van der Waals surface area contributed by atoms with E-state index in [1.54, 1.807) is 17.0 Å². The minimum absolute atomic E-state index is 0.233. The molecule has 1 aromatic carbocycles. The Morgan fingerprint density at radius 1 is 0.933 bits per heavy atom. The minimum atomic E-state index is -3.64. The highest BCUT2D eigenvalue weighted by molar-refractivity contribution is 7.89. The van der Waals surface area contributed by atoms with Gasteiger partial charge in [0.2, 0.25) is 10.0 Å². The molecule has 1 fully saturated rings. The molecule has 1 amide bonds. The summed E-state index contributed by atoms with van der Waals surface area (Å²) in [6.45, 7) is 8.71. The molecule has 1 aliphatic heterocycles. The Morgan fingerprint density at radius 2 is 1.50 bits per heavy atom. The van der Waals surface area contributed by atoms with E-state index in [4.69, 9.17) is 0 Å². The molecule has 1 aromatic heterocycles. The van der Waals surface area contributed by atoms with Gasteiger partial charge in [0.1, 0.15) is 0 Å². The molecule has 9 heteroatoms. The molecule has 0 aliphatic carbocycles. The number of hydrogen-bond acceptors (Lipinski definition) is 6. The van der Waals surface area contributed by atoms with Crippen LogP contribution in [0.1, 0.15) is 32.7 Å². The van der Waals surface area contributed by atoms with E-state index >= 15 is 0 Å². The van der Waals surface area contributed by atoms with Crippen molar-refractivity contribution in [1.29, 1.82) is 0 Å². The molecule has 2 heterocycles. The molecule has 0 bridgehead atoms. The number of piperazine rings is 1. The highest BCUT2D eigenvalue weighted by atomic mass is 32.2. The second kappa shape index (κ2) is 8.31. The minimum Gasteiger partial charge on any atom is -0.361 e. The second-order valence-corrected chi connectivity index (χ2v) is 9.83. The lowest BCUT2D eigenvalue weighted by Gasteiger charge is -2.34. The molecule has 1 aliphatic rings. The zero-order chi connectivity index (χ0) is 22.2. The van der Waals surface area contributed by atoms with E-state index in [9.17, 15) is 13.2 Å². The number of benzene rings is 1. The van der Waals surface area contributed by atoms with Crippen LogP contribution in [0, 0.1) is 27.7 Å². The Hall–Kier alpha value is -2.52. The molecule has 162 valence electrons. The highest BCUT2D eigenvalue weighted by Gasteiger charge is 2.33. The average molecular weight is 432 g/mol. The van der Waals surface area contributed by atoms with Crippen LogP contribution in [0.5, 0.6) is 0 Å². The van der Waals surface area contributed by atoms with Gasteiger partial charge in [-0.2, -0.15) is 4.31 Å². The largest absolute Gasteiger partial charge is 0.361 e. The van der Waals surface area contributed by atoms with Gasteiger partial charge in [-0.25, -0.2) is 8.42 Å². The number of sulfonamides is 1. The molecule has 0 atom stereocenters. The maximum absolute atomic E-state index is 13.4. The van der Waals surface area contributed by atoms with Crippen LogP contribution in [0.25, 0.3) is 0 Å². The first-order valence-corrected chi connectivity index (χ1v) is 11.4. The van der Waals surface area contributed by atoms with Crippen LogP contribution in [0.4, 0.5) is 5.82 Å². The van der Waals surface area contributed by atoms with E-state index in [0.717, 1.165) is 22.3 Å². The van der Waals surface area contributed by atoms with E-state index in [-0.39, 0.29) is 24.7 Å². The number of anilines is 1. The molecule has 1 saturated heterocycles. The molecule has 30 heavy (non-hydrogen) atoms. The standard InChI is InChI=1S/C21H29N5O3S/c1-14-13-15(2)17(4)20(16(14)3)30(28,29)26-11-9-25(10-12-26)21(27)18-7-8-19(23-22-18)24(5)6/h7-8,13H,9-12H2,1-6H3. The number of aromatic nitrogens is 2. The molecule has 0 spiro atoms. The molecule has 3 rings (SSSR count). The summed E-state index contributed by atoms with van der Waals surface area (Å²) < 4.78 is 28.2. The zero-order valence-corrected chi connectivity index (χ0v) is 19.2. The molecule has 0 unspecified atom stereocenters. The predicted molar refractivity (Wildman–Crippen MR) is 116 cm³/mol. The highest BCUT2D eigenvalue weighted by Crippen LogP contribution is 2.29. The number of rotatable bonds is 4. The van der Waals surface area contributed by atoms with Gasteiger partial charge in [-0.05, 0) is 62.1 Å². The summed E-state index contributed by atoms with van der Waals surface area (Å²) in [6, 6.07) is 5.41. The van der Waals surface area contributed by atoms with Crippen molar-refractivity contribution in [3.63, 3.8) is 0 Å². The van der Waals surface area contributed by atoms with Crippen LogP contribution >= 0.6 is 0 Å². The van der Waals surface area contributed by atoms with Crippen molar-refractivity contribution in [2.24, 2.45) is 0 Å². The summed E-state index contributed by atoms with van der Waals surface area (Å²) in [5.41, 5.74) is 3.76. The fourth-order valence-electron chi connectivity index (χ4n) is 3.67. The molecular formula is C21H29N5O3S. The average Bonchev–Trinajstić information content (AvgIpc) is 2.72. The third-order valence-electron chi connectivity index (χ3n) is 5.75. The van der Waals surface area contributed by atoms with Crippen LogP contribution in [0.3, 0.4) is 0 Å². The van der Waals surface area contributed by atoms with Crippen molar-refractivity contribution in [2.45, 2.75) is 32.6 Å². The van der Waals surface area contributed by atoms with Gasteiger partial charge in [-0.15, -0.1) is 10.2 Å². The van der Waals surface area contributed by atoms with Gasteiger partial charge in [0, 0.05) is 40.3 Å². The van der Waals surface area contributed by atoms with Gasteiger partial charge in [0.25, 0.3) is 5.91 Å². The van der Waals surface area contributed by atoms with Crippen LogP contribution in [-0.4, -0.2) is 74.0 Å². The number of carbonyl (C=O) groups excluding carboxylic acids is 1. The first-order valence-electron chi connectivity index (χ1n) is 9.92. The molecule has 0 radical (unpaired) electrons. The Bertz CT molecular complexity index is 1030. The van der Waals surface area contributed by atoms with E-state index in [2.05, 4.69) is 10.2 Å². The van der Waals surface area contributed by atoms with Crippen LogP contribution < -0.4 is 4.90 Å². The first kappa shape index (κ1) is 22.2. The summed E-state index contributed by atoms with van der Waals surface area (Å²) in [6.07, 6.45) is 0. The maximum Gasteiger partial charge on any atom is 0.274 e. The monoisotopic (exact) mass is 431 g/mol. The normalized spacial score (nSPS) is 15.3. The van der Waals surface area contributed by atoms with Gasteiger partial charge in [0.05, 0.1) is 4.90 Å². The van der Waals surface area contributed by atoms with E-state index < -0.39 is 10.0 Å². The van der Waals surface area contributed by atoms with Crippen LogP contribution in [0.2, 0.25) is 0 Å². The zero-order valence-electron chi connectivity index (χ0n) is 18.4. The summed E-state index contributed by atoms with van der Waals surface area (Å²) in [5.74, 6) is 0.435. The van der Waals surface area contributed by atoms with Gasteiger partial charge in [0.15, 0.2) is 11.5 Å². The lowest BCUT2D eigenvalue weighted by atomic mass is 10.0. The number of nitrogens with zero attached hydrogens (tertiary/aromatic N) is 5. The van der Waals surface area contributed by atoms with Crippen molar-refractivity contribution in [3.8, 4) is 0 Å². The van der Waals surface area contributed by atoms with Crippen molar-refractivity contribution in [3.05, 3.63) is 46.1 Å². The third kappa shape index (κ3) is 4.04. The lowest BCUT2D eigenvalue weighted by Crippen LogP contribution is -2.50. The Kier molecular flexibility index (Phi) is 6.14. The molecular weight excluding hydrogens is 402 g/mol. The fraction of sp³-hybridized carbons (Fsp3) is 0.476. The lowest BCUT2D eigenvalue weighted by molar-refractivity contribution is 0.0690. The summed E-state index contributed by atoms with van der Waals surface area (Å²) >= 11 is 0. The van der Waals surface area contributed by atoms with E-state index in [0.29, 0.717) is 23.8 Å². The number of hydrogen-bond donors (Lipinski definition) is 0. The molecule has 0 N–H and O–H groups in total. The van der Waals surface area contributed by atoms with Gasteiger partial charge in [-0.3, -0.25) is 4.79 Å². The van der Waals surface area contributed by atoms with Crippen molar-refractivity contribution < 1.29 is 13.2 Å². The number of aryl methyl sites for hydroxylation is 2. The molecule has 0 saturated carbocycles. The first-order chi connectivity index (χ1) is 14.0. The summed E-state index contributed by atoms with van der Waals surface area (Å²) in [5, 5.41) is 8.06. The van der Waals surface area contributed by atoms with E-state index in [1.165, 1.54) is 4.31 Å². The van der Waals surface area contributed by atoms with Crippen molar-refractivity contribution in [2.75, 3.05) is 45.2 Å².